The lowest BCUT2D eigenvalue weighted by Gasteiger charge is -2.24. The fourth-order valence-electron chi connectivity index (χ4n) is 7.39. The Morgan fingerprint density at radius 1 is 0.484 bits per heavy atom. The Labute approximate surface area is 383 Å². The van der Waals surface area contributed by atoms with E-state index in [2.05, 4.69) is 38.2 Å². The summed E-state index contributed by atoms with van der Waals surface area (Å²) in [5, 5.41) is 0. The summed E-state index contributed by atoms with van der Waals surface area (Å²) in [4.78, 5) is 35.5. The Bertz CT molecular complexity index is 1110. The molecule has 0 aromatic carbocycles. The van der Waals surface area contributed by atoms with Gasteiger partial charge in [-0.25, -0.2) is 4.57 Å². The first-order valence-electron chi connectivity index (χ1n) is 26.1. The Kier molecular flexibility index (Phi) is 43.6. The molecule has 0 fully saturated rings. The van der Waals surface area contributed by atoms with Gasteiger partial charge in [-0.05, 0) is 44.9 Å². The summed E-state index contributed by atoms with van der Waals surface area (Å²) < 4.78 is 34.4. The molecule has 0 saturated heterocycles. The van der Waals surface area contributed by atoms with Crippen molar-refractivity contribution in [1.82, 2.24) is 0 Å². The summed E-state index contributed by atoms with van der Waals surface area (Å²) in [6.45, 7) is 4.42. The zero-order valence-corrected chi connectivity index (χ0v) is 42.3. The lowest BCUT2D eigenvalue weighted by Crippen LogP contribution is -2.37. The van der Waals surface area contributed by atoms with E-state index in [1.54, 1.807) is 0 Å². The molecule has 0 amide bonds. The molecule has 1 unspecified atom stereocenters. The van der Waals surface area contributed by atoms with Gasteiger partial charge in [-0.3, -0.25) is 18.6 Å². The molecule has 9 nitrogen and oxygen atoms in total. The fourth-order valence-corrected chi connectivity index (χ4v) is 8.13. The van der Waals surface area contributed by atoms with Crippen molar-refractivity contribution < 1.29 is 42.1 Å². The quantitative estimate of drug-likeness (QED) is 0.0211. The van der Waals surface area contributed by atoms with Crippen molar-refractivity contribution in [2.45, 2.75) is 251 Å². The zero-order valence-electron chi connectivity index (χ0n) is 41.4. The van der Waals surface area contributed by atoms with E-state index in [9.17, 15) is 19.0 Å². The minimum atomic E-state index is -4.38. The lowest BCUT2D eigenvalue weighted by molar-refractivity contribution is -0.870. The molecule has 0 heterocycles. The second kappa shape index (κ2) is 44.7. The zero-order chi connectivity index (χ0) is 45.7. The number of ether oxygens (including phenoxy) is 2. The minimum absolute atomic E-state index is 0.0284. The van der Waals surface area contributed by atoms with Crippen LogP contribution in [0.5, 0.6) is 0 Å². The second-order valence-corrected chi connectivity index (χ2v) is 20.4. The van der Waals surface area contributed by atoms with Crippen molar-refractivity contribution in [1.29, 1.82) is 0 Å². The maximum atomic E-state index is 12.7. The van der Waals surface area contributed by atoms with Crippen LogP contribution in [0.1, 0.15) is 245 Å². The summed E-state index contributed by atoms with van der Waals surface area (Å²) in [7, 11) is 1.47. The molecule has 366 valence electrons. The molecular weight excluding hydrogens is 798 g/mol. The average Bonchev–Trinajstić information content (AvgIpc) is 3.23. The van der Waals surface area contributed by atoms with E-state index < -0.39 is 32.5 Å². The molecule has 0 aromatic heterocycles. The van der Waals surface area contributed by atoms with Gasteiger partial charge in [-0.1, -0.05) is 212 Å². The van der Waals surface area contributed by atoms with Gasteiger partial charge in [0.2, 0.25) is 0 Å². The molecule has 0 spiro atoms. The average molecular weight is 899 g/mol. The number of hydrogen-bond donors (Lipinski definition) is 1. The topological polar surface area (TPSA) is 108 Å². The van der Waals surface area contributed by atoms with Crippen molar-refractivity contribution in [3.8, 4) is 0 Å². The van der Waals surface area contributed by atoms with Crippen LogP contribution in [0.15, 0.2) is 24.3 Å². The molecule has 2 atom stereocenters. The monoisotopic (exact) mass is 899 g/mol. The SMILES string of the molecule is CCCCCCCCCCCCCCCC/C=C/CC/C=C/CCCC(=O)OC[C@@H](COP(=O)(O)OCC[N+](C)(C)C)OC(=O)CCCCCCCCCCCCCCCCC. The highest BCUT2D eigenvalue weighted by atomic mass is 31.2. The Morgan fingerprint density at radius 3 is 1.29 bits per heavy atom. The molecule has 1 N–H and O–H groups in total. The predicted octanol–water partition coefficient (Wildman–Crippen LogP) is 15.5. The van der Waals surface area contributed by atoms with Crippen LogP contribution in [0, 0.1) is 0 Å². The molecule has 0 aliphatic carbocycles. The van der Waals surface area contributed by atoms with Crippen molar-refractivity contribution in [3.05, 3.63) is 24.3 Å². The molecule has 10 heteroatoms. The largest absolute Gasteiger partial charge is 0.472 e. The van der Waals surface area contributed by atoms with E-state index in [0.29, 0.717) is 23.9 Å². The molecule has 0 aromatic rings. The number of hydrogen-bond acceptors (Lipinski definition) is 7. The summed E-state index contributed by atoms with van der Waals surface area (Å²) in [6, 6.07) is 0. The summed E-state index contributed by atoms with van der Waals surface area (Å²) in [5.74, 6) is -0.836. The predicted molar refractivity (Wildman–Crippen MR) is 261 cm³/mol. The summed E-state index contributed by atoms with van der Waals surface area (Å²) in [6.07, 6.45) is 51.0. The van der Waals surface area contributed by atoms with Gasteiger partial charge in [-0.2, -0.15) is 0 Å². The Hall–Kier alpha value is -1.51. The van der Waals surface area contributed by atoms with E-state index in [1.165, 1.54) is 173 Å². The lowest BCUT2D eigenvalue weighted by atomic mass is 10.0. The molecule has 0 rings (SSSR count). The third kappa shape index (κ3) is 48.0. The van der Waals surface area contributed by atoms with Crippen molar-refractivity contribution in [3.63, 3.8) is 0 Å². The minimum Gasteiger partial charge on any atom is -0.462 e. The third-order valence-electron chi connectivity index (χ3n) is 11.5. The number of phosphoric ester groups is 1. The van der Waals surface area contributed by atoms with Gasteiger partial charge < -0.3 is 18.9 Å². The van der Waals surface area contributed by atoms with Crippen LogP contribution < -0.4 is 0 Å². The molecule has 0 aliphatic heterocycles. The molecule has 0 saturated carbocycles. The van der Waals surface area contributed by atoms with E-state index >= 15 is 0 Å². The van der Waals surface area contributed by atoms with Crippen LogP contribution in [0.25, 0.3) is 0 Å². The maximum Gasteiger partial charge on any atom is 0.472 e. The van der Waals surface area contributed by atoms with Crippen LogP contribution in [-0.2, 0) is 32.7 Å². The maximum absolute atomic E-state index is 12.7. The van der Waals surface area contributed by atoms with Crippen molar-refractivity contribution in [2.24, 2.45) is 0 Å². The number of quaternary nitrogens is 1. The number of carbonyl (C=O) groups is 2. The third-order valence-corrected chi connectivity index (χ3v) is 12.4. The van der Waals surface area contributed by atoms with Crippen LogP contribution >= 0.6 is 7.82 Å². The standard InChI is InChI=1S/C52H100NO8P/c1-6-8-10-12-14-16-18-20-22-23-24-25-26-27-28-29-31-32-34-36-38-40-42-44-51(54)58-48-50(49-60-62(56,57)59-47-46-53(3,4)5)61-52(55)45-43-41-39-37-35-33-30-21-19-17-15-13-11-9-7-2/h29,31,36,38,50H,6-28,30,32-35,37,39-49H2,1-5H3/p+1/b31-29+,38-36+/t50-/m0/s1. The van der Waals surface area contributed by atoms with Gasteiger partial charge >= 0.3 is 19.8 Å². The van der Waals surface area contributed by atoms with Gasteiger partial charge in [0.25, 0.3) is 0 Å². The van der Waals surface area contributed by atoms with E-state index in [4.69, 9.17) is 18.5 Å². The highest BCUT2D eigenvalue weighted by molar-refractivity contribution is 7.47. The Morgan fingerprint density at radius 2 is 0.855 bits per heavy atom. The smallest absolute Gasteiger partial charge is 0.462 e. The number of unbranched alkanes of at least 4 members (excludes halogenated alkanes) is 30. The first kappa shape index (κ1) is 60.5. The van der Waals surface area contributed by atoms with Crippen molar-refractivity contribution in [2.75, 3.05) is 47.5 Å². The van der Waals surface area contributed by atoms with E-state index in [0.717, 1.165) is 32.1 Å². The first-order valence-corrected chi connectivity index (χ1v) is 27.6. The van der Waals surface area contributed by atoms with Gasteiger partial charge in [-0.15, -0.1) is 0 Å². The number of esters is 2. The van der Waals surface area contributed by atoms with Gasteiger partial charge in [0.05, 0.1) is 27.7 Å². The number of carbonyl (C=O) groups excluding carboxylic acids is 2. The van der Waals surface area contributed by atoms with E-state index in [1.807, 2.05) is 21.1 Å². The number of rotatable bonds is 48. The number of likely N-dealkylation sites (N-methyl/N-ethyl adjacent to an activating group) is 1. The fraction of sp³-hybridized carbons (Fsp3) is 0.885. The molecule has 62 heavy (non-hydrogen) atoms. The highest BCUT2D eigenvalue weighted by Gasteiger charge is 2.27. The van der Waals surface area contributed by atoms with Gasteiger partial charge in [0.1, 0.15) is 19.8 Å². The van der Waals surface area contributed by atoms with Crippen LogP contribution in [-0.4, -0.2) is 74.9 Å². The number of phosphoric acid groups is 1. The Balaban J connectivity index is 4.24. The number of allylic oxidation sites excluding steroid dienone is 4. The van der Waals surface area contributed by atoms with Gasteiger partial charge in [0, 0.05) is 12.8 Å². The van der Waals surface area contributed by atoms with Gasteiger partial charge in [0.15, 0.2) is 6.10 Å². The molecule has 0 radical (unpaired) electrons. The molecular formula is C52H101NO8P+. The normalized spacial score (nSPS) is 13.6. The molecule has 0 bridgehead atoms. The summed E-state index contributed by atoms with van der Waals surface area (Å²) >= 11 is 0. The van der Waals surface area contributed by atoms with Crippen LogP contribution in [0.2, 0.25) is 0 Å². The van der Waals surface area contributed by atoms with Crippen molar-refractivity contribution >= 4 is 19.8 Å². The summed E-state index contributed by atoms with van der Waals surface area (Å²) in [5.41, 5.74) is 0. The van der Waals surface area contributed by atoms with Crippen LogP contribution in [0.4, 0.5) is 0 Å². The molecule has 0 aliphatic rings. The van der Waals surface area contributed by atoms with Crippen LogP contribution in [0.3, 0.4) is 0 Å². The van der Waals surface area contributed by atoms with E-state index in [-0.39, 0.29) is 26.1 Å². The highest BCUT2D eigenvalue weighted by Crippen LogP contribution is 2.43. The first-order chi connectivity index (χ1) is 30.0. The number of nitrogens with zero attached hydrogens (tertiary/aromatic N) is 1. The second-order valence-electron chi connectivity index (χ2n) is 18.9.